The van der Waals surface area contributed by atoms with E-state index in [0.717, 1.165) is 25.0 Å². The van der Waals surface area contributed by atoms with Crippen molar-refractivity contribution in [3.8, 4) is 0 Å². The minimum Gasteiger partial charge on any atom is -0.481 e. The first-order valence-corrected chi connectivity index (χ1v) is 8.85. The van der Waals surface area contributed by atoms with Crippen LogP contribution in [0.25, 0.3) is 10.9 Å². The van der Waals surface area contributed by atoms with Crippen LogP contribution in [0.1, 0.15) is 28.9 Å². The predicted molar refractivity (Wildman–Crippen MR) is 91.2 cm³/mol. The molecule has 1 saturated heterocycles. The molecule has 1 saturated carbocycles. The van der Waals surface area contributed by atoms with Crippen molar-refractivity contribution in [2.45, 2.75) is 19.0 Å². The Hall–Kier alpha value is -2.51. The summed E-state index contributed by atoms with van der Waals surface area (Å²) >= 11 is 0. The van der Waals surface area contributed by atoms with E-state index in [2.05, 4.69) is 0 Å². The van der Waals surface area contributed by atoms with Gasteiger partial charge in [-0.3, -0.25) is 9.59 Å². The molecule has 1 N–H and O–H groups in total. The van der Waals surface area contributed by atoms with Crippen molar-refractivity contribution in [2.75, 3.05) is 13.1 Å². The molecule has 1 amide bonds. The number of carbonyl (C=O) groups excluding carboxylic acids is 1. The summed E-state index contributed by atoms with van der Waals surface area (Å²) in [4.78, 5) is 26.0. The van der Waals surface area contributed by atoms with E-state index in [1.807, 2.05) is 0 Å². The number of likely N-dealkylation sites (tertiary alicyclic amines) is 1. The highest BCUT2D eigenvalue weighted by molar-refractivity contribution is 5.99. The van der Waals surface area contributed by atoms with Gasteiger partial charge in [-0.2, -0.15) is 13.2 Å². The largest absolute Gasteiger partial charge is 0.481 e. The second-order valence-corrected chi connectivity index (χ2v) is 7.52. The molecule has 4 rings (SSSR count). The average molecular weight is 380 g/mol. The second-order valence-electron chi connectivity index (χ2n) is 7.52. The Morgan fingerprint density at radius 2 is 1.85 bits per heavy atom. The molecule has 0 unspecified atom stereocenters. The lowest BCUT2D eigenvalue weighted by molar-refractivity contribution is -0.142. The zero-order valence-electron chi connectivity index (χ0n) is 14.7. The predicted octanol–water partition coefficient (Wildman–Crippen LogP) is 3.38. The summed E-state index contributed by atoms with van der Waals surface area (Å²) in [6, 6.07) is 4.83. The Labute approximate surface area is 153 Å². The highest BCUT2D eigenvalue weighted by atomic mass is 19.4. The lowest BCUT2D eigenvalue weighted by atomic mass is 9.92. The number of hydrogen-bond donors (Lipinski definition) is 1. The third-order valence-corrected chi connectivity index (χ3v) is 5.79. The maximum atomic E-state index is 13.0. The van der Waals surface area contributed by atoms with Crippen LogP contribution in [-0.2, 0) is 18.0 Å². The third kappa shape index (κ3) is 3.07. The fraction of sp³-hybridized carbons (Fsp3) is 0.474. The lowest BCUT2D eigenvalue weighted by Crippen LogP contribution is -2.31. The van der Waals surface area contributed by atoms with Gasteiger partial charge < -0.3 is 14.6 Å². The van der Waals surface area contributed by atoms with Crippen molar-refractivity contribution in [1.29, 1.82) is 0 Å². The third-order valence-electron chi connectivity index (χ3n) is 5.79. The molecule has 5 nitrogen and oxygen atoms in total. The van der Waals surface area contributed by atoms with Crippen molar-refractivity contribution in [1.82, 2.24) is 9.47 Å². The monoisotopic (exact) mass is 380 g/mol. The number of aliphatic carboxylic acids is 1. The van der Waals surface area contributed by atoms with Gasteiger partial charge in [0.1, 0.15) is 5.69 Å². The van der Waals surface area contributed by atoms with Gasteiger partial charge in [-0.05, 0) is 48.9 Å². The minimum absolute atomic E-state index is 0.0435. The molecular formula is C19H19F3N2O3. The molecule has 0 spiro atoms. The Balaban J connectivity index is 1.64. The molecule has 1 aromatic heterocycles. The van der Waals surface area contributed by atoms with E-state index in [1.165, 1.54) is 17.0 Å². The molecular weight excluding hydrogens is 361 g/mol. The highest BCUT2D eigenvalue weighted by Crippen LogP contribution is 2.44. The van der Waals surface area contributed by atoms with Crippen LogP contribution in [0.15, 0.2) is 24.3 Å². The molecule has 2 aromatic rings. The number of fused-ring (bicyclic) bond motifs is 1. The van der Waals surface area contributed by atoms with Gasteiger partial charge in [-0.15, -0.1) is 0 Å². The van der Waals surface area contributed by atoms with Gasteiger partial charge in [-0.1, -0.05) is 0 Å². The fourth-order valence-corrected chi connectivity index (χ4v) is 4.15. The number of aryl methyl sites for hydroxylation is 1. The van der Waals surface area contributed by atoms with E-state index in [9.17, 15) is 27.9 Å². The molecule has 2 heterocycles. The Kier molecular flexibility index (Phi) is 3.98. The van der Waals surface area contributed by atoms with Crippen molar-refractivity contribution >= 4 is 22.8 Å². The summed E-state index contributed by atoms with van der Waals surface area (Å²) in [5.41, 5.74) is 0.0319. The topological polar surface area (TPSA) is 62.5 Å². The van der Waals surface area contributed by atoms with Crippen LogP contribution in [0.2, 0.25) is 0 Å². The van der Waals surface area contributed by atoms with Gasteiger partial charge >= 0.3 is 12.1 Å². The number of alkyl halides is 3. The van der Waals surface area contributed by atoms with E-state index in [4.69, 9.17) is 0 Å². The summed E-state index contributed by atoms with van der Waals surface area (Å²) in [5, 5.41) is 9.79. The normalized spacial score (nSPS) is 23.2. The van der Waals surface area contributed by atoms with Crippen LogP contribution >= 0.6 is 0 Å². The molecule has 27 heavy (non-hydrogen) atoms. The number of carbonyl (C=O) groups is 2. The van der Waals surface area contributed by atoms with Gasteiger partial charge in [0.05, 0.1) is 11.5 Å². The molecule has 2 fully saturated rings. The van der Waals surface area contributed by atoms with Gasteiger partial charge in [-0.25, -0.2) is 0 Å². The minimum atomic E-state index is -4.45. The van der Waals surface area contributed by atoms with Crippen LogP contribution in [0, 0.1) is 17.8 Å². The van der Waals surface area contributed by atoms with Crippen molar-refractivity contribution in [3.63, 3.8) is 0 Å². The number of aromatic nitrogens is 1. The van der Waals surface area contributed by atoms with Gasteiger partial charge in [0.25, 0.3) is 5.91 Å². The molecule has 0 bridgehead atoms. The molecule has 1 aromatic carbocycles. The number of halogens is 3. The Morgan fingerprint density at radius 3 is 2.44 bits per heavy atom. The number of carboxylic acids is 1. The summed E-state index contributed by atoms with van der Waals surface area (Å²) in [6.45, 7) is 0.528. The number of rotatable bonds is 3. The first-order chi connectivity index (χ1) is 12.7. The van der Waals surface area contributed by atoms with Crippen LogP contribution in [0.5, 0.6) is 0 Å². The first kappa shape index (κ1) is 17.9. The maximum Gasteiger partial charge on any atom is 0.416 e. The van der Waals surface area contributed by atoms with Crippen molar-refractivity contribution < 1.29 is 27.9 Å². The van der Waals surface area contributed by atoms with Gasteiger partial charge in [0, 0.05) is 31.0 Å². The van der Waals surface area contributed by atoms with Crippen molar-refractivity contribution in [3.05, 3.63) is 35.5 Å². The summed E-state index contributed by atoms with van der Waals surface area (Å²) in [6.07, 6.45) is -2.47. The van der Waals surface area contributed by atoms with Crippen molar-refractivity contribution in [2.24, 2.45) is 24.8 Å². The summed E-state index contributed by atoms with van der Waals surface area (Å²) < 4.78 is 40.4. The highest BCUT2D eigenvalue weighted by Gasteiger charge is 2.47. The zero-order chi connectivity index (χ0) is 19.5. The Bertz CT molecular complexity index is 930. The Morgan fingerprint density at radius 1 is 1.15 bits per heavy atom. The second kappa shape index (κ2) is 6.00. The molecule has 2 aliphatic rings. The van der Waals surface area contributed by atoms with Gasteiger partial charge in [0.15, 0.2) is 0 Å². The molecule has 2 atom stereocenters. The van der Waals surface area contributed by atoms with E-state index in [1.54, 1.807) is 11.6 Å². The van der Waals surface area contributed by atoms with Crippen LogP contribution in [0.4, 0.5) is 13.2 Å². The van der Waals surface area contributed by atoms with Gasteiger partial charge in [0.2, 0.25) is 0 Å². The number of nitrogens with zero attached hydrogens (tertiary/aromatic N) is 2. The smallest absolute Gasteiger partial charge is 0.416 e. The van der Waals surface area contributed by atoms with Crippen LogP contribution in [-0.4, -0.2) is 39.5 Å². The van der Waals surface area contributed by atoms with Crippen LogP contribution < -0.4 is 0 Å². The lowest BCUT2D eigenvalue weighted by Gasteiger charge is -2.16. The zero-order valence-corrected chi connectivity index (χ0v) is 14.7. The molecule has 144 valence electrons. The number of amides is 1. The van der Waals surface area contributed by atoms with E-state index < -0.39 is 23.6 Å². The fourth-order valence-electron chi connectivity index (χ4n) is 4.15. The molecule has 1 aliphatic heterocycles. The van der Waals surface area contributed by atoms with Crippen LogP contribution in [0.3, 0.4) is 0 Å². The quantitative estimate of drug-likeness (QED) is 0.888. The molecule has 1 aliphatic carbocycles. The standard InChI is InChI=1S/C19H19F3N2O3/c1-23-15-5-4-12(19(20,21)22)6-11(15)7-16(23)17(25)24-8-13(10-2-3-10)14(9-24)18(26)27/h4-7,10,13-14H,2-3,8-9H2,1H3,(H,26,27)/t13-,14+/m1/s1. The number of benzene rings is 1. The van der Waals surface area contributed by atoms with E-state index in [0.29, 0.717) is 23.4 Å². The number of hydrogen-bond acceptors (Lipinski definition) is 2. The maximum absolute atomic E-state index is 13.0. The number of carboxylic acid groups (broad SMARTS) is 1. The van der Waals surface area contributed by atoms with E-state index in [-0.39, 0.29) is 24.1 Å². The van der Waals surface area contributed by atoms with E-state index >= 15 is 0 Å². The first-order valence-electron chi connectivity index (χ1n) is 8.85. The SMILES string of the molecule is Cn1c(C(=O)N2C[C@H](C(=O)O)[C@@H](C3CC3)C2)cc2cc(C(F)(F)F)ccc21. The molecule has 0 radical (unpaired) electrons. The summed E-state index contributed by atoms with van der Waals surface area (Å²) in [5.74, 6) is -1.50. The average Bonchev–Trinajstić information content (AvgIpc) is 3.26. The summed E-state index contributed by atoms with van der Waals surface area (Å²) in [7, 11) is 1.63. The molecule has 8 heteroatoms.